The van der Waals surface area contributed by atoms with Crippen molar-refractivity contribution in [3.63, 3.8) is 0 Å². The second-order valence-corrected chi connectivity index (χ2v) is 5.12. The van der Waals surface area contributed by atoms with Crippen LogP contribution in [0.15, 0.2) is 30.3 Å². The van der Waals surface area contributed by atoms with E-state index in [1.54, 1.807) is 24.3 Å². The maximum atomic E-state index is 12.4. The van der Waals surface area contributed by atoms with Crippen LogP contribution < -0.4 is 19.5 Å². The van der Waals surface area contributed by atoms with Crippen molar-refractivity contribution in [1.82, 2.24) is 15.3 Å². The Kier molecular flexibility index (Phi) is 5.95. The van der Waals surface area contributed by atoms with Gasteiger partial charge in [0.2, 0.25) is 11.8 Å². The van der Waals surface area contributed by atoms with Gasteiger partial charge in [-0.3, -0.25) is 4.79 Å². The summed E-state index contributed by atoms with van der Waals surface area (Å²) in [6.45, 7) is 3.95. The number of aromatic nitrogens is 2. The van der Waals surface area contributed by atoms with Gasteiger partial charge >= 0.3 is 6.01 Å². The third-order valence-electron chi connectivity index (χ3n) is 3.40. The molecule has 1 heterocycles. The fourth-order valence-electron chi connectivity index (χ4n) is 1.88. The Hall–Kier alpha value is -2.83. The first-order valence-corrected chi connectivity index (χ1v) is 7.62. The van der Waals surface area contributed by atoms with Crippen LogP contribution in [0.3, 0.4) is 0 Å². The Labute approximate surface area is 141 Å². The van der Waals surface area contributed by atoms with Gasteiger partial charge in [0, 0.05) is 6.04 Å². The standard InChI is InChI=1S/C17H21N3O4/c1-5-11(2)18-16(21)12-8-6-7-9-13(12)24-17-19-14(22-3)10-15(20-17)23-4/h6-11H,5H2,1-4H3,(H,18,21). The van der Waals surface area contributed by atoms with Gasteiger partial charge in [0.15, 0.2) is 0 Å². The summed E-state index contributed by atoms with van der Waals surface area (Å²) in [5.41, 5.74) is 0.406. The first-order valence-electron chi connectivity index (χ1n) is 7.62. The summed E-state index contributed by atoms with van der Waals surface area (Å²) in [5.74, 6) is 0.750. The molecule has 7 nitrogen and oxygen atoms in total. The van der Waals surface area contributed by atoms with Crippen LogP contribution in [-0.4, -0.2) is 36.1 Å². The molecule has 1 aromatic carbocycles. The van der Waals surface area contributed by atoms with Crippen LogP contribution in [-0.2, 0) is 0 Å². The Morgan fingerprint density at radius 3 is 2.38 bits per heavy atom. The average Bonchev–Trinajstić information content (AvgIpc) is 2.61. The van der Waals surface area contributed by atoms with Crippen molar-refractivity contribution < 1.29 is 19.0 Å². The number of rotatable bonds is 7. The van der Waals surface area contributed by atoms with Crippen LogP contribution in [0.5, 0.6) is 23.5 Å². The molecule has 0 aliphatic rings. The molecule has 24 heavy (non-hydrogen) atoms. The molecule has 128 valence electrons. The monoisotopic (exact) mass is 331 g/mol. The maximum Gasteiger partial charge on any atom is 0.328 e. The zero-order chi connectivity index (χ0) is 17.5. The summed E-state index contributed by atoms with van der Waals surface area (Å²) < 4.78 is 15.9. The lowest BCUT2D eigenvalue weighted by atomic mass is 10.1. The van der Waals surface area contributed by atoms with E-state index in [-0.39, 0.29) is 18.0 Å². The van der Waals surface area contributed by atoms with E-state index in [0.717, 1.165) is 6.42 Å². The lowest BCUT2D eigenvalue weighted by Crippen LogP contribution is -2.32. The summed E-state index contributed by atoms with van der Waals surface area (Å²) in [4.78, 5) is 20.6. The van der Waals surface area contributed by atoms with Gasteiger partial charge in [-0.1, -0.05) is 19.1 Å². The number of nitrogens with one attached hydrogen (secondary N) is 1. The van der Waals surface area contributed by atoms with E-state index >= 15 is 0 Å². The molecule has 0 saturated heterocycles. The van der Waals surface area contributed by atoms with Crippen LogP contribution in [0.2, 0.25) is 0 Å². The average molecular weight is 331 g/mol. The highest BCUT2D eigenvalue weighted by Gasteiger charge is 2.16. The Bertz CT molecular complexity index is 684. The van der Waals surface area contributed by atoms with E-state index in [9.17, 15) is 4.79 Å². The van der Waals surface area contributed by atoms with Crippen LogP contribution >= 0.6 is 0 Å². The van der Waals surface area contributed by atoms with Gasteiger partial charge in [-0.25, -0.2) is 0 Å². The van der Waals surface area contributed by atoms with Crippen molar-refractivity contribution in [2.45, 2.75) is 26.3 Å². The molecule has 0 radical (unpaired) electrons. The molecule has 1 N–H and O–H groups in total. The Balaban J connectivity index is 2.29. The largest absolute Gasteiger partial charge is 0.481 e. The highest BCUT2D eigenvalue weighted by molar-refractivity contribution is 5.97. The SMILES string of the molecule is CCC(C)NC(=O)c1ccccc1Oc1nc(OC)cc(OC)n1. The van der Waals surface area contributed by atoms with E-state index in [1.165, 1.54) is 20.3 Å². The summed E-state index contributed by atoms with van der Waals surface area (Å²) in [7, 11) is 2.97. The lowest BCUT2D eigenvalue weighted by Gasteiger charge is -2.14. The minimum Gasteiger partial charge on any atom is -0.481 e. The molecule has 1 amide bonds. The lowest BCUT2D eigenvalue weighted by molar-refractivity contribution is 0.0937. The molecule has 0 aliphatic heterocycles. The number of nitrogens with zero attached hydrogens (tertiary/aromatic N) is 2. The molecule has 0 aliphatic carbocycles. The van der Waals surface area contributed by atoms with Crippen molar-refractivity contribution in [3.8, 4) is 23.5 Å². The molecule has 2 aromatic rings. The molecule has 0 saturated carbocycles. The molecule has 0 bridgehead atoms. The van der Waals surface area contributed by atoms with E-state index in [1.807, 2.05) is 13.8 Å². The summed E-state index contributed by atoms with van der Waals surface area (Å²) in [5, 5.41) is 2.91. The normalized spacial score (nSPS) is 11.5. The van der Waals surface area contributed by atoms with Gasteiger partial charge < -0.3 is 19.5 Å². The number of carbonyl (C=O) groups excluding carboxylic acids is 1. The first-order chi connectivity index (χ1) is 11.6. The predicted octanol–water partition coefficient (Wildman–Crippen LogP) is 2.81. The van der Waals surface area contributed by atoms with Gasteiger partial charge in [0.05, 0.1) is 25.8 Å². The zero-order valence-electron chi connectivity index (χ0n) is 14.2. The summed E-state index contributed by atoms with van der Waals surface area (Å²) in [6.07, 6.45) is 0.838. The van der Waals surface area contributed by atoms with Crippen molar-refractivity contribution in [1.29, 1.82) is 0 Å². The van der Waals surface area contributed by atoms with E-state index in [0.29, 0.717) is 23.1 Å². The number of amides is 1. The second-order valence-electron chi connectivity index (χ2n) is 5.12. The molecule has 1 aromatic heterocycles. The molecular weight excluding hydrogens is 310 g/mol. The minimum atomic E-state index is -0.213. The van der Waals surface area contributed by atoms with Crippen LogP contribution in [0.25, 0.3) is 0 Å². The van der Waals surface area contributed by atoms with Crippen LogP contribution in [0, 0.1) is 0 Å². The Morgan fingerprint density at radius 2 is 1.79 bits per heavy atom. The van der Waals surface area contributed by atoms with Crippen molar-refractivity contribution in [2.24, 2.45) is 0 Å². The number of hydrogen-bond acceptors (Lipinski definition) is 6. The van der Waals surface area contributed by atoms with Gasteiger partial charge in [0.1, 0.15) is 5.75 Å². The van der Waals surface area contributed by atoms with E-state index in [2.05, 4.69) is 15.3 Å². The number of para-hydroxylation sites is 1. The zero-order valence-corrected chi connectivity index (χ0v) is 14.2. The molecule has 7 heteroatoms. The molecule has 0 spiro atoms. The Morgan fingerprint density at radius 1 is 1.17 bits per heavy atom. The second kappa shape index (κ2) is 8.14. The topological polar surface area (TPSA) is 82.6 Å². The van der Waals surface area contributed by atoms with Gasteiger partial charge in [-0.2, -0.15) is 9.97 Å². The van der Waals surface area contributed by atoms with E-state index in [4.69, 9.17) is 14.2 Å². The predicted molar refractivity (Wildman–Crippen MR) is 88.9 cm³/mol. The molecule has 0 fully saturated rings. The van der Waals surface area contributed by atoms with Crippen LogP contribution in [0.1, 0.15) is 30.6 Å². The third kappa shape index (κ3) is 4.34. The van der Waals surface area contributed by atoms with Gasteiger partial charge in [-0.05, 0) is 25.5 Å². The summed E-state index contributed by atoms with van der Waals surface area (Å²) >= 11 is 0. The number of hydrogen-bond donors (Lipinski definition) is 1. The maximum absolute atomic E-state index is 12.4. The quantitative estimate of drug-likeness (QED) is 0.840. The molecule has 2 rings (SSSR count). The fourth-order valence-corrected chi connectivity index (χ4v) is 1.88. The molecule has 1 unspecified atom stereocenters. The van der Waals surface area contributed by atoms with Gasteiger partial charge in [0.25, 0.3) is 5.91 Å². The first kappa shape index (κ1) is 17.5. The number of methoxy groups -OCH3 is 2. The third-order valence-corrected chi connectivity index (χ3v) is 3.40. The summed E-state index contributed by atoms with van der Waals surface area (Å²) in [6, 6.07) is 8.55. The molecule has 1 atom stereocenters. The van der Waals surface area contributed by atoms with Crippen molar-refractivity contribution in [3.05, 3.63) is 35.9 Å². The van der Waals surface area contributed by atoms with Crippen molar-refractivity contribution >= 4 is 5.91 Å². The number of benzene rings is 1. The van der Waals surface area contributed by atoms with E-state index < -0.39 is 0 Å². The number of ether oxygens (including phenoxy) is 3. The highest BCUT2D eigenvalue weighted by Crippen LogP contribution is 2.26. The highest BCUT2D eigenvalue weighted by atomic mass is 16.5. The minimum absolute atomic E-state index is 0.0370. The van der Waals surface area contributed by atoms with Crippen molar-refractivity contribution in [2.75, 3.05) is 14.2 Å². The smallest absolute Gasteiger partial charge is 0.328 e. The number of carbonyl (C=O) groups is 1. The fraction of sp³-hybridized carbons (Fsp3) is 0.353. The molecular formula is C17H21N3O4. The van der Waals surface area contributed by atoms with Crippen LogP contribution in [0.4, 0.5) is 0 Å². The van der Waals surface area contributed by atoms with Gasteiger partial charge in [-0.15, -0.1) is 0 Å².